The summed E-state index contributed by atoms with van der Waals surface area (Å²) in [7, 11) is 1.84. The van der Waals surface area contributed by atoms with Crippen LogP contribution in [-0.4, -0.2) is 37.6 Å². The smallest absolute Gasteiger partial charge is 0.222 e. The number of carbonyl (C=O) groups excluding carboxylic acids is 1. The molecule has 21 heavy (non-hydrogen) atoms. The van der Waals surface area contributed by atoms with E-state index in [2.05, 4.69) is 0 Å². The highest BCUT2D eigenvalue weighted by molar-refractivity contribution is 5.75. The third-order valence-electron chi connectivity index (χ3n) is 3.46. The van der Waals surface area contributed by atoms with Crippen molar-refractivity contribution >= 4 is 5.91 Å². The summed E-state index contributed by atoms with van der Waals surface area (Å²) in [6.45, 7) is 3.92. The molecule has 1 rings (SSSR count). The van der Waals surface area contributed by atoms with E-state index >= 15 is 0 Å². The largest absolute Gasteiger partial charge is 0.492 e. The lowest BCUT2D eigenvalue weighted by Gasteiger charge is -2.17. The molecule has 0 aliphatic carbocycles. The molecule has 0 aliphatic rings. The Kier molecular flexibility index (Phi) is 8.51. The first-order valence-electron chi connectivity index (χ1n) is 7.77. The van der Waals surface area contributed by atoms with Crippen molar-refractivity contribution in [2.45, 2.75) is 39.0 Å². The lowest BCUT2D eigenvalue weighted by Crippen LogP contribution is -2.30. The third-order valence-corrected chi connectivity index (χ3v) is 3.46. The number of hydrogen-bond donors (Lipinski definition) is 1. The zero-order chi connectivity index (χ0) is 15.5. The number of carbonyl (C=O) groups is 1. The maximum absolute atomic E-state index is 11.9. The molecule has 0 fully saturated rings. The summed E-state index contributed by atoms with van der Waals surface area (Å²) in [4.78, 5) is 13.7. The van der Waals surface area contributed by atoms with Gasteiger partial charge in [0.05, 0.1) is 6.54 Å². The first-order chi connectivity index (χ1) is 10.1. The van der Waals surface area contributed by atoms with Crippen LogP contribution in [0.3, 0.4) is 0 Å². The van der Waals surface area contributed by atoms with Crippen LogP contribution >= 0.6 is 0 Å². The standard InChI is InChI=1S/C17H28N2O2/c1-15-8-7-9-16(14-15)21-13-12-19(2)17(20)10-5-3-4-6-11-18/h7-9,14H,3-6,10-13,18H2,1-2H3. The molecule has 1 amide bonds. The van der Waals surface area contributed by atoms with Crippen LogP contribution < -0.4 is 10.5 Å². The van der Waals surface area contributed by atoms with Crippen LogP contribution in [0.4, 0.5) is 0 Å². The van der Waals surface area contributed by atoms with Crippen LogP contribution in [0.15, 0.2) is 24.3 Å². The predicted molar refractivity (Wildman–Crippen MR) is 86.5 cm³/mol. The molecule has 4 nitrogen and oxygen atoms in total. The van der Waals surface area contributed by atoms with Gasteiger partial charge in [-0.2, -0.15) is 0 Å². The highest BCUT2D eigenvalue weighted by atomic mass is 16.5. The second-order valence-corrected chi connectivity index (χ2v) is 5.43. The average molecular weight is 292 g/mol. The van der Waals surface area contributed by atoms with Gasteiger partial charge >= 0.3 is 0 Å². The van der Waals surface area contributed by atoms with Gasteiger partial charge in [0.2, 0.25) is 5.91 Å². The number of nitrogens with two attached hydrogens (primary N) is 1. The van der Waals surface area contributed by atoms with Crippen molar-refractivity contribution in [1.82, 2.24) is 4.90 Å². The Bertz CT molecular complexity index is 421. The second kappa shape index (κ2) is 10.2. The van der Waals surface area contributed by atoms with E-state index in [9.17, 15) is 4.79 Å². The van der Waals surface area contributed by atoms with Crippen LogP contribution in [0.25, 0.3) is 0 Å². The van der Waals surface area contributed by atoms with Gasteiger partial charge in [-0.15, -0.1) is 0 Å². The minimum Gasteiger partial charge on any atom is -0.492 e. The molecule has 0 radical (unpaired) electrons. The Morgan fingerprint density at radius 1 is 1.24 bits per heavy atom. The van der Waals surface area contributed by atoms with Crippen LogP contribution in [0, 0.1) is 6.92 Å². The molecule has 0 atom stereocenters. The number of ether oxygens (including phenoxy) is 1. The molecule has 0 saturated heterocycles. The van der Waals surface area contributed by atoms with Gasteiger partial charge in [0.25, 0.3) is 0 Å². The Morgan fingerprint density at radius 2 is 2.00 bits per heavy atom. The SMILES string of the molecule is Cc1cccc(OCCN(C)C(=O)CCCCCCN)c1. The van der Waals surface area contributed by atoms with Crippen LogP contribution in [0.2, 0.25) is 0 Å². The monoisotopic (exact) mass is 292 g/mol. The minimum absolute atomic E-state index is 0.190. The molecular formula is C17H28N2O2. The van der Waals surface area contributed by atoms with Gasteiger partial charge in [-0.25, -0.2) is 0 Å². The average Bonchev–Trinajstić information content (AvgIpc) is 2.46. The molecule has 1 aromatic rings. The van der Waals surface area contributed by atoms with Gasteiger partial charge in [-0.05, 0) is 44.0 Å². The molecule has 0 saturated carbocycles. The number of likely N-dealkylation sites (N-methyl/N-ethyl adjacent to an activating group) is 1. The summed E-state index contributed by atoms with van der Waals surface area (Å²) < 4.78 is 5.66. The van der Waals surface area contributed by atoms with E-state index in [0.717, 1.165) is 38.0 Å². The number of benzene rings is 1. The fourth-order valence-corrected chi connectivity index (χ4v) is 2.10. The van der Waals surface area contributed by atoms with Crippen molar-refractivity contribution in [3.05, 3.63) is 29.8 Å². The summed E-state index contributed by atoms with van der Waals surface area (Å²) in [6, 6.07) is 7.94. The van der Waals surface area contributed by atoms with Gasteiger partial charge in [-0.1, -0.05) is 25.0 Å². The molecule has 0 heterocycles. The second-order valence-electron chi connectivity index (χ2n) is 5.43. The third kappa shape index (κ3) is 7.71. The van der Waals surface area contributed by atoms with Crippen molar-refractivity contribution in [2.24, 2.45) is 5.73 Å². The first kappa shape index (κ1) is 17.5. The number of aryl methyl sites for hydroxylation is 1. The van der Waals surface area contributed by atoms with Gasteiger partial charge < -0.3 is 15.4 Å². The molecule has 4 heteroatoms. The van der Waals surface area contributed by atoms with Crippen LogP contribution in [0.1, 0.15) is 37.7 Å². The fraction of sp³-hybridized carbons (Fsp3) is 0.588. The lowest BCUT2D eigenvalue weighted by atomic mass is 10.1. The Morgan fingerprint density at radius 3 is 2.71 bits per heavy atom. The molecule has 0 unspecified atom stereocenters. The topological polar surface area (TPSA) is 55.6 Å². The van der Waals surface area contributed by atoms with Gasteiger partial charge in [0, 0.05) is 13.5 Å². The highest BCUT2D eigenvalue weighted by Gasteiger charge is 2.08. The van der Waals surface area contributed by atoms with Gasteiger partial charge in [0.15, 0.2) is 0 Å². The van der Waals surface area contributed by atoms with E-state index in [1.807, 2.05) is 38.2 Å². The molecule has 0 spiro atoms. The van der Waals surface area contributed by atoms with Crippen LogP contribution in [-0.2, 0) is 4.79 Å². The molecule has 1 aromatic carbocycles. The Balaban J connectivity index is 2.14. The fourth-order valence-electron chi connectivity index (χ4n) is 2.10. The highest BCUT2D eigenvalue weighted by Crippen LogP contribution is 2.12. The zero-order valence-electron chi connectivity index (χ0n) is 13.3. The van der Waals surface area contributed by atoms with Crippen molar-refractivity contribution < 1.29 is 9.53 Å². The maximum atomic E-state index is 11.9. The lowest BCUT2D eigenvalue weighted by molar-refractivity contribution is -0.130. The normalized spacial score (nSPS) is 10.4. The Hall–Kier alpha value is -1.55. The number of hydrogen-bond acceptors (Lipinski definition) is 3. The minimum atomic E-state index is 0.190. The van der Waals surface area contributed by atoms with Crippen molar-refractivity contribution in [3.63, 3.8) is 0 Å². The van der Waals surface area contributed by atoms with E-state index in [1.54, 1.807) is 4.90 Å². The summed E-state index contributed by atoms with van der Waals surface area (Å²) >= 11 is 0. The molecular weight excluding hydrogens is 264 g/mol. The summed E-state index contributed by atoms with van der Waals surface area (Å²) in [5.74, 6) is 1.05. The number of unbranched alkanes of at least 4 members (excludes halogenated alkanes) is 3. The quantitative estimate of drug-likeness (QED) is 0.675. The summed E-state index contributed by atoms with van der Waals surface area (Å²) in [5.41, 5.74) is 6.62. The molecule has 0 aromatic heterocycles. The van der Waals surface area contributed by atoms with Crippen LogP contribution in [0.5, 0.6) is 5.75 Å². The number of amides is 1. The number of rotatable bonds is 10. The summed E-state index contributed by atoms with van der Waals surface area (Å²) in [5, 5.41) is 0. The van der Waals surface area contributed by atoms with E-state index in [-0.39, 0.29) is 5.91 Å². The Labute approximate surface area is 128 Å². The predicted octanol–water partition coefficient (Wildman–Crippen LogP) is 2.74. The maximum Gasteiger partial charge on any atom is 0.222 e. The van der Waals surface area contributed by atoms with E-state index in [1.165, 1.54) is 5.56 Å². The molecule has 0 aliphatic heterocycles. The van der Waals surface area contributed by atoms with E-state index < -0.39 is 0 Å². The first-order valence-corrected chi connectivity index (χ1v) is 7.77. The van der Waals surface area contributed by atoms with Gasteiger partial charge in [-0.3, -0.25) is 4.79 Å². The summed E-state index contributed by atoms with van der Waals surface area (Å²) in [6.07, 6.45) is 4.81. The van der Waals surface area contributed by atoms with Crippen molar-refractivity contribution in [3.8, 4) is 5.75 Å². The number of nitrogens with zero attached hydrogens (tertiary/aromatic N) is 1. The zero-order valence-corrected chi connectivity index (χ0v) is 13.3. The molecule has 0 bridgehead atoms. The van der Waals surface area contributed by atoms with E-state index in [0.29, 0.717) is 19.6 Å². The van der Waals surface area contributed by atoms with Gasteiger partial charge in [0.1, 0.15) is 12.4 Å². The molecule has 118 valence electrons. The molecule has 2 N–H and O–H groups in total. The van der Waals surface area contributed by atoms with E-state index in [4.69, 9.17) is 10.5 Å². The van der Waals surface area contributed by atoms with Crippen molar-refractivity contribution in [1.29, 1.82) is 0 Å². The van der Waals surface area contributed by atoms with Crippen molar-refractivity contribution in [2.75, 3.05) is 26.7 Å².